The van der Waals surface area contributed by atoms with E-state index in [0.29, 0.717) is 5.75 Å². The highest BCUT2D eigenvalue weighted by atomic mass is 19.1. The molecule has 0 saturated carbocycles. The number of alkyl halides is 1. The van der Waals surface area contributed by atoms with E-state index in [1.54, 1.807) is 36.7 Å². The van der Waals surface area contributed by atoms with Crippen molar-refractivity contribution in [1.82, 2.24) is 9.97 Å². The summed E-state index contributed by atoms with van der Waals surface area (Å²) in [5.74, 6) is 0.483. The summed E-state index contributed by atoms with van der Waals surface area (Å²) in [7, 11) is 0. The molecule has 0 aliphatic rings. The average molecular weight is 245 g/mol. The van der Waals surface area contributed by atoms with Crippen molar-refractivity contribution in [3.63, 3.8) is 0 Å². The van der Waals surface area contributed by atoms with Gasteiger partial charge in [-0.3, -0.25) is 4.99 Å². The summed E-state index contributed by atoms with van der Waals surface area (Å²) in [6.07, 6.45) is 4.87. The Hall–Kier alpha value is -2.30. The summed E-state index contributed by atoms with van der Waals surface area (Å²) in [5.41, 5.74) is 2.44. The van der Waals surface area contributed by atoms with Crippen molar-refractivity contribution < 1.29 is 9.13 Å². The lowest BCUT2D eigenvalue weighted by Crippen LogP contribution is -1.95. The van der Waals surface area contributed by atoms with Crippen LogP contribution in [0.15, 0.2) is 48.0 Å². The summed E-state index contributed by atoms with van der Waals surface area (Å²) in [6, 6.07) is 6.87. The molecule has 0 aliphatic heterocycles. The van der Waals surface area contributed by atoms with Crippen LogP contribution in [0.25, 0.3) is 0 Å². The molecule has 4 nitrogen and oxygen atoms in total. The third-order valence-corrected chi connectivity index (χ3v) is 2.33. The van der Waals surface area contributed by atoms with E-state index in [0.717, 1.165) is 17.0 Å². The number of hydrogen-bond donors (Lipinski definition) is 0. The number of aliphatic imine (C=N–C) groups is 1. The Morgan fingerprint density at radius 1 is 1.22 bits per heavy atom. The first-order valence-electron chi connectivity index (χ1n) is 5.39. The summed E-state index contributed by atoms with van der Waals surface area (Å²) in [4.78, 5) is 12.3. The fourth-order valence-electron chi connectivity index (χ4n) is 1.42. The standard InChI is InChI=1S/C13H12FN3O/c1-10(11-6-15-9-16-7-11)17-12-2-4-13(5-3-12)18-8-14/h2-7,9H,8H2,1H3/b17-10+. The molecule has 1 aromatic carbocycles. The molecule has 2 rings (SSSR count). The van der Waals surface area contributed by atoms with Gasteiger partial charge in [0.15, 0.2) is 0 Å². The normalized spacial score (nSPS) is 11.3. The fourth-order valence-corrected chi connectivity index (χ4v) is 1.42. The van der Waals surface area contributed by atoms with Gasteiger partial charge in [0.25, 0.3) is 0 Å². The lowest BCUT2D eigenvalue weighted by atomic mass is 10.2. The van der Waals surface area contributed by atoms with E-state index < -0.39 is 6.86 Å². The number of halogens is 1. The highest BCUT2D eigenvalue weighted by Gasteiger charge is 1.98. The molecule has 0 radical (unpaired) electrons. The van der Waals surface area contributed by atoms with Crippen molar-refractivity contribution in [2.45, 2.75) is 6.92 Å². The molecule has 0 saturated heterocycles. The van der Waals surface area contributed by atoms with Crippen molar-refractivity contribution in [3.8, 4) is 5.75 Å². The topological polar surface area (TPSA) is 47.4 Å². The second-order valence-electron chi connectivity index (χ2n) is 3.57. The number of rotatable bonds is 4. The number of hydrogen-bond acceptors (Lipinski definition) is 4. The van der Waals surface area contributed by atoms with Gasteiger partial charge >= 0.3 is 0 Å². The average Bonchev–Trinajstić information content (AvgIpc) is 2.42. The molecule has 0 fully saturated rings. The first-order valence-corrected chi connectivity index (χ1v) is 5.39. The third kappa shape index (κ3) is 3.10. The molecule has 0 unspecified atom stereocenters. The van der Waals surface area contributed by atoms with Crippen LogP contribution >= 0.6 is 0 Å². The van der Waals surface area contributed by atoms with Gasteiger partial charge in [-0.05, 0) is 31.2 Å². The quantitative estimate of drug-likeness (QED) is 0.778. The van der Waals surface area contributed by atoms with Gasteiger partial charge in [0.05, 0.1) is 5.69 Å². The van der Waals surface area contributed by atoms with E-state index >= 15 is 0 Å². The molecule has 0 spiro atoms. The van der Waals surface area contributed by atoms with Crippen LogP contribution in [0.1, 0.15) is 12.5 Å². The van der Waals surface area contributed by atoms with Crippen molar-refractivity contribution in [2.24, 2.45) is 4.99 Å². The number of aromatic nitrogens is 2. The summed E-state index contributed by atoms with van der Waals surface area (Å²) in [5, 5.41) is 0. The SMILES string of the molecule is C/C(=N\c1ccc(OCF)cc1)c1cncnc1. The van der Waals surface area contributed by atoms with Crippen LogP contribution in [-0.4, -0.2) is 22.5 Å². The molecule has 1 aromatic heterocycles. The lowest BCUT2D eigenvalue weighted by molar-refractivity contribution is 0.192. The molecule has 0 N–H and O–H groups in total. The van der Waals surface area contributed by atoms with Gasteiger partial charge in [-0.25, -0.2) is 14.4 Å². The van der Waals surface area contributed by atoms with Crippen LogP contribution in [0, 0.1) is 0 Å². The Kier molecular flexibility index (Phi) is 3.96. The number of nitrogens with zero attached hydrogens (tertiary/aromatic N) is 3. The van der Waals surface area contributed by atoms with Gasteiger partial charge in [-0.1, -0.05) is 0 Å². The third-order valence-electron chi connectivity index (χ3n) is 2.33. The number of ether oxygens (including phenoxy) is 1. The Morgan fingerprint density at radius 2 is 1.89 bits per heavy atom. The minimum atomic E-state index is -0.830. The maximum atomic E-state index is 11.9. The molecule has 92 valence electrons. The zero-order chi connectivity index (χ0) is 12.8. The second-order valence-corrected chi connectivity index (χ2v) is 3.57. The molecule has 2 aromatic rings. The largest absolute Gasteiger partial charge is 0.463 e. The van der Waals surface area contributed by atoms with E-state index in [1.165, 1.54) is 6.33 Å². The Bertz CT molecular complexity index is 526. The van der Waals surface area contributed by atoms with Crippen LogP contribution in [0.5, 0.6) is 5.75 Å². The zero-order valence-corrected chi connectivity index (χ0v) is 9.88. The van der Waals surface area contributed by atoms with Crippen LogP contribution in [0.2, 0.25) is 0 Å². The van der Waals surface area contributed by atoms with E-state index in [1.807, 2.05) is 6.92 Å². The van der Waals surface area contributed by atoms with Crippen LogP contribution in [0.3, 0.4) is 0 Å². The Labute approximate surface area is 104 Å². The van der Waals surface area contributed by atoms with Crippen molar-refractivity contribution in [1.29, 1.82) is 0 Å². The smallest absolute Gasteiger partial charge is 0.228 e. The molecule has 0 aliphatic carbocycles. The highest BCUT2D eigenvalue weighted by Crippen LogP contribution is 2.19. The van der Waals surface area contributed by atoms with E-state index in [2.05, 4.69) is 15.0 Å². The molecule has 0 bridgehead atoms. The zero-order valence-electron chi connectivity index (χ0n) is 9.88. The minimum Gasteiger partial charge on any atom is -0.463 e. The van der Waals surface area contributed by atoms with Gasteiger partial charge in [-0.2, -0.15) is 0 Å². The van der Waals surface area contributed by atoms with Crippen molar-refractivity contribution in [3.05, 3.63) is 48.5 Å². The van der Waals surface area contributed by atoms with Gasteiger partial charge < -0.3 is 4.74 Å². The predicted octanol–water partition coefficient (Wildman–Crippen LogP) is 2.92. The Balaban J connectivity index is 2.17. The molecule has 1 heterocycles. The first-order chi connectivity index (χ1) is 8.79. The van der Waals surface area contributed by atoms with Crippen LogP contribution in [0.4, 0.5) is 10.1 Å². The maximum absolute atomic E-state index is 11.9. The van der Waals surface area contributed by atoms with E-state index in [-0.39, 0.29) is 0 Å². The summed E-state index contributed by atoms with van der Waals surface area (Å²) in [6.45, 7) is 1.05. The van der Waals surface area contributed by atoms with Crippen LogP contribution in [-0.2, 0) is 0 Å². The lowest BCUT2D eigenvalue weighted by Gasteiger charge is -2.02. The molecular weight excluding hydrogens is 233 g/mol. The second kappa shape index (κ2) is 5.86. The molecule has 5 heteroatoms. The van der Waals surface area contributed by atoms with Crippen LogP contribution < -0.4 is 4.74 Å². The van der Waals surface area contributed by atoms with E-state index in [4.69, 9.17) is 4.74 Å². The monoisotopic (exact) mass is 245 g/mol. The predicted molar refractivity (Wildman–Crippen MR) is 66.9 cm³/mol. The first kappa shape index (κ1) is 12.2. The summed E-state index contributed by atoms with van der Waals surface area (Å²) >= 11 is 0. The molecular formula is C13H12FN3O. The van der Waals surface area contributed by atoms with Gasteiger partial charge in [0, 0.05) is 23.7 Å². The summed E-state index contributed by atoms with van der Waals surface area (Å²) < 4.78 is 16.7. The maximum Gasteiger partial charge on any atom is 0.228 e. The van der Waals surface area contributed by atoms with Gasteiger partial charge in [-0.15, -0.1) is 0 Å². The van der Waals surface area contributed by atoms with Crippen molar-refractivity contribution >= 4 is 11.4 Å². The minimum absolute atomic E-state index is 0.483. The van der Waals surface area contributed by atoms with Gasteiger partial charge in [0.2, 0.25) is 6.86 Å². The Morgan fingerprint density at radius 3 is 2.50 bits per heavy atom. The number of benzene rings is 1. The molecule has 18 heavy (non-hydrogen) atoms. The molecule has 0 atom stereocenters. The van der Waals surface area contributed by atoms with Gasteiger partial charge in [0.1, 0.15) is 12.1 Å². The van der Waals surface area contributed by atoms with Crippen molar-refractivity contribution in [2.75, 3.05) is 6.86 Å². The highest BCUT2D eigenvalue weighted by molar-refractivity contribution is 5.99. The fraction of sp³-hybridized carbons (Fsp3) is 0.154. The van der Waals surface area contributed by atoms with E-state index in [9.17, 15) is 4.39 Å². The molecule has 0 amide bonds.